The van der Waals surface area contributed by atoms with Crippen LogP contribution >= 0.6 is 7.82 Å². The number of aliphatic hydroxyl groups excluding tert-OH is 2. The Morgan fingerprint density at radius 1 is 0.544 bits per heavy atom. The molecule has 0 aliphatic carbocycles. The van der Waals surface area contributed by atoms with Gasteiger partial charge in [0.1, 0.15) is 12.7 Å². The van der Waals surface area contributed by atoms with Crippen LogP contribution in [0.5, 0.6) is 0 Å². The van der Waals surface area contributed by atoms with Gasteiger partial charge < -0.3 is 24.6 Å². The van der Waals surface area contributed by atoms with Crippen molar-refractivity contribution in [1.82, 2.24) is 0 Å². The van der Waals surface area contributed by atoms with Crippen molar-refractivity contribution >= 4 is 19.8 Å². The van der Waals surface area contributed by atoms with Gasteiger partial charge in [0.05, 0.1) is 19.8 Å². The first-order chi connectivity index (χ1) is 27.7. The monoisotopic (exact) mass is 823 g/mol. The number of carbonyl (C=O) groups excluding carboxylic acids is 2. The zero-order chi connectivity index (χ0) is 41.9. The molecule has 3 N–H and O–H groups in total. The van der Waals surface area contributed by atoms with Crippen molar-refractivity contribution in [1.29, 1.82) is 0 Å². The predicted octanol–water partition coefficient (Wildman–Crippen LogP) is 11.7. The SMILES string of the molecule is CC/C=C/C/C=C/C/C=C/C/C=C/C/C=C/CCCCCC(=O)O[C@H](COC(=O)CC/C=C/CCCCCCCCCCCCC)COP(=O)(O)OC[C@@H](O)CO. The van der Waals surface area contributed by atoms with Gasteiger partial charge in [0, 0.05) is 12.8 Å². The van der Waals surface area contributed by atoms with Crippen LogP contribution in [-0.2, 0) is 32.7 Å². The molecule has 0 saturated carbocycles. The van der Waals surface area contributed by atoms with Gasteiger partial charge in [-0.15, -0.1) is 0 Å². The third kappa shape index (κ3) is 41.4. The first-order valence-electron chi connectivity index (χ1n) is 21.9. The van der Waals surface area contributed by atoms with Gasteiger partial charge in [-0.3, -0.25) is 18.6 Å². The molecule has 0 rings (SSSR count). The average molecular weight is 823 g/mol. The molecule has 0 radical (unpaired) electrons. The summed E-state index contributed by atoms with van der Waals surface area (Å²) in [7, 11) is -4.64. The first-order valence-corrected chi connectivity index (χ1v) is 23.4. The summed E-state index contributed by atoms with van der Waals surface area (Å²) < 4.78 is 32.6. The van der Waals surface area contributed by atoms with E-state index < -0.39 is 51.8 Å². The minimum absolute atomic E-state index is 0.135. The molecule has 0 bridgehead atoms. The van der Waals surface area contributed by atoms with Crippen LogP contribution in [0.4, 0.5) is 0 Å². The van der Waals surface area contributed by atoms with E-state index >= 15 is 0 Å². The number of unbranched alkanes of at least 4 members (excludes halogenated alkanes) is 14. The lowest BCUT2D eigenvalue weighted by Gasteiger charge is -2.20. The van der Waals surface area contributed by atoms with Crippen LogP contribution in [0.1, 0.15) is 168 Å². The maximum Gasteiger partial charge on any atom is 0.472 e. The highest BCUT2D eigenvalue weighted by molar-refractivity contribution is 7.47. The second-order valence-electron chi connectivity index (χ2n) is 14.3. The molecule has 0 aromatic rings. The van der Waals surface area contributed by atoms with Gasteiger partial charge in [-0.1, -0.05) is 157 Å². The molecule has 0 aliphatic rings. The number of allylic oxidation sites excluding steroid dienone is 12. The van der Waals surface area contributed by atoms with E-state index in [2.05, 4.69) is 85.2 Å². The van der Waals surface area contributed by atoms with E-state index in [1.807, 2.05) is 6.08 Å². The molecule has 0 fully saturated rings. The predicted molar refractivity (Wildman–Crippen MR) is 233 cm³/mol. The number of rotatable bonds is 40. The van der Waals surface area contributed by atoms with Crippen LogP contribution in [0.15, 0.2) is 72.9 Å². The minimum atomic E-state index is -4.64. The maximum atomic E-state index is 12.6. The Bertz CT molecular complexity index is 1180. The van der Waals surface area contributed by atoms with Crippen molar-refractivity contribution < 1.29 is 47.8 Å². The molecule has 0 spiro atoms. The van der Waals surface area contributed by atoms with E-state index in [1.54, 1.807) is 0 Å². The molecular formula is C46H79O10P. The van der Waals surface area contributed by atoms with E-state index in [0.717, 1.165) is 64.2 Å². The molecule has 0 saturated heterocycles. The van der Waals surface area contributed by atoms with Crippen LogP contribution in [0.3, 0.4) is 0 Å². The van der Waals surface area contributed by atoms with Crippen molar-refractivity contribution in [2.24, 2.45) is 0 Å². The third-order valence-electron chi connectivity index (χ3n) is 8.86. The van der Waals surface area contributed by atoms with E-state index in [4.69, 9.17) is 19.1 Å². The highest BCUT2D eigenvalue weighted by Gasteiger charge is 2.27. The highest BCUT2D eigenvalue weighted by atomic mass is 31.2. The van der Waals surface area contributed by atoms with Crippen molar-refractivity contribution in [3.63, 3.8) is 0 Å². The second kappa shape index (κ2) is 41.6. The quantitative estimate of drug-likeness (QED) is 0.0236. The number of hydrogen-bond donors (Lipinski definition) is 3. The Balaban J connectivity index is 4.41. The Hall–Kier alpha value is -2.59. The molecule has 3 atom stereocenters. The Morgan fingerprint density at radius 2 is 1.00 bits per heavy atom. The molecular weight excluding hydrogens is 743 g/mol. The molecule has 57 heavy (non-hydrogen) atoms. The topological polar surface area (TPSA) is 149 Å². The smallest absolute Gasteiger partial charge is 0.462 e. The fraction of sp³-hybridized carbons (Fsp3) is 0.696. The minimum Gasteiger partial charge on any atom is -0.462 e. The van der Waals surface area contributed by atoms with Gasteiger partial charge in [0.15, 0.2) is 6.10 Å². The molecule has 11 heteroatoms. The summed E-state index contributed by atoms with van der Waals surface area (Å²) in [5.74, 6) is -1.02. The Morgan fingerprint density at radius 3 is 1.54 bits per heavy atom. The van der Waals surface area contributed by atoms with Crippen LogP contribution in [0.25, 0.3) is 0 Å². The summed E-state index contributed by atoms with van der Waals surface area (Å²) in [6, 6.07) is 0. The summed E-state index contributed by atoms with van der Waals surface area (Å²) in [6.07, 6.45) is 47.4. The summed E-state index contributed by atoms with van der Waals surface area (Å²) >= 11 is 0. The van der Waals surface area contributed by atoms with Gasteiger partial charge in [-0.2, -0.15) is 0 Å². The lowest BCUT2D eigenvalue weighted by molar-refractivity contribution is -0.161. The summed E-state index contributed by atoms with van der Waals surface area (Å²) in [4.78, 5) is 35.0. The molecule has 0 heterocycles. The van der Waals surface area contributed by atoms with Gasteiger partial charge in [-0.25, -0.2) is 4.57 Å². The summed E-state index contributed by atoms with van der Waals surface area (Å²) in [5.41, 5.74) is 0. The van der Waals surface area contributed by atoms with Crippen molar-refractivity contribution in [2.75, 3.05) is 26.4 Å². The highest BCUT2D eigenvalue weighted by Crippen LogP contribution is 2.43. The molecule has 0 amide bonds. The van der Waals surface area contributed by atoms with Crippen molar-refractivity contribution in [3.05, 3.63) is 72.9 Å². The second-order valence-corrected chi connectivity index (χ2v) is 15.8. The third-order valence-corrected chi connectivity index (χ3v) is 9.81. The standard InChI is InChI=1S/C46H79O10P/c1-3-5-7-9-11-13-15-17-19-20-21-22-24-26-28-30-32-34-36-38-46(50)56-44(42-55-57(51,52)54-40-43(48)39-47)41-53-45(49)37-35-33-31-29-27-25-23-18-16-14-12-10-8-6-4-2/h5,7,11,13,17,19,21-22,26,28,31,33,43-44,47-48H,3-4,6,8-10,12,14-16,18,20,23-25,27,29-30,32,34-42H2,1-2H3,(H,51,52)/b7-5+,13-11+,19-17+,22-21+,28-26+,33-31+/t43-,44+/m0/s1. The number of phosphoric acid groups is 1. The lowest BCUT2D eigenvalue weighted by atomic mass is 10.1. The fourth-order valence-corrected chi connectivity index (χ4v) is 6.30. The Labute approximate surface area is 346 Å². The van der Waals surface area contributed by atoms with E-state index in [1.165, 1.54) is 64.2 Å². The number of carbonyl (C=O) groups is 2. The number of phosphoric ester groups is 1. The molecule has 0 aromatic carbocycles. The van der Waals surface area contributed by atoms with Crippen LogP contribution in [0.2, 0.25) is 0 Å². The van der Waals surface area contributed by atoms with Crippen LogP contribution in [0, 0.1) is 0 Å². The van der Waals surface area contributed by atoms with Crippen molar-refractivity contribution in [3.8, 4) is 0 Å². The first kappa shape index (κ1) is 54.4. The molecule has 10 nitrogen and oxygen atoms in total. The number of hydrogen-bond acceptors (Lipinski definition) is 9. The van der Waals surface area contributed by atoms with Gasteiger partial charge in [0.2, 0.25) is 0 Å². The summed E-state index contributed by atoms with van der Waals surface area (Å²) in [6.45, 7) is 2.18. The molecule has 0 aromatic heterocycles. The number of ether oxygens (including phenoxy) is 2. The molecule has 1 unspecified atom stereocenters. The number of aliphatic hydroxyl groups is 2. The maximum absolute atomic E-state index is 12.6. The normalized spacial score (nSPS) is 14.5. The fourth-order valence-electron chi connectivity index (χ4n) is 5.51. The van der Waals surface area contributed by atoms with Gasteiger partial charge in [0.25, 0.3) is 0 Å². The zero-order valence-electron chi connectivity index (χ0n) is 35.5. The Kier molecular flexibility index (Phi) is 39.7. The van der Waals surface area contributed by atoms with E-state index in [9.17, 15) is 24.2 Å². The van der Waals surface area contributed by atoms with Crippen LogP contribution < -0.4 is 0 Å². The lowest BCUT2D eigenvalue weighted by Crippen LogP contribution is -2.29. The van der Waals surface area contributed by atoms with Crippen LogP contribution in [-0.4, -0.2) is 65.7 Å². The van der Waals surface area contributed by atoms with E-state index in [-0.39, 0.29) is 19.4 Å². The zero-order valence-corrected chi connectivity index (χ0v) is 36.4. The largest absolute Gasteiger partial charge is 0.472 e. The molecule has 0 aliphatic heterocycles. The van der Waals surface area contributed by atoms with E-state index in [0.29, 0.717) is 12.8 Å². The van der Waals surface area contributed by atoms with Crippen molar-refractivity contribution in [2.45, 2.75) is 180 Å². The average Bonchev–Trinajstić information content (AvgIpc) is 3.20. The summed E-state index contributed by atoms with van der Waals surface area (Å²) in [5, 5.41) is 18.3. The van der Waals surface area contributed by atoms with Gasteiger partial charge >= 0.3 is 19.8 Å². The van der Waals surface area contributed by atoms with Gasteiger partial charge in [-0.05, 0) is 70.6 Å². The molecule has 328 valence electrons. The number of esters is 2.